The third kappa shape index (κ3) is 0.614. The topological polar surface area (TPSA) is 29.9 Å². The molecule has 2 heterocycles. The van der Waals surface area contributed by atoms with E-state index >= 15 is 0 Å². The third-order valence-corrected chi connectivity index (χ3v) is 1.36. The molecule has 0 saturated carbocycles. The second-order valence-electron chi connectivity index (χ2n) is 1.95. The summed E-state index contributed by atoms with van der Waals surface area (Å²) >= 11 is 0. The number of imidazole rings is 1. The molecule has 0 unspecified atom stereocenters. The SMILES string of the molecule is C1=Cc2nccn2CN1. The Kier molecular flexibility index (Phi) is 0.828. The lowest BCUT2D eigenvalue weighted by atomic mass is 10.5. The highest BCUT2D eigenvalue weighted by Crippen LogP contribution is 2.01. The molecule has 0 spiro atoms. The van der Waals surface area contributed by atoms with Gasteiger partial charge < -0.3 is 9.88 Å². The van der Waals surface area contributed by atoms with Crippen LogP contribution in [0.3, 0.4) is 0 Å². The lowest BCUT2D eigenvalue weighted by molar-refractivity contribution is 0.625. The number of nitrogens with zero attached hydrogens (tertiary/aromatic N) is 2. The minimum absolute atomic E-state index is 0.839. The maximum atomic E-state index is 4.09. The van der Waals surface area contributed by atoms with Crippen LogP contribution < -0.4 is 5.32 Å². The van der Waals surface area contributed by atoms with Gasteiger partial charge in [-0.15, -0.1) is 0 Å². The molecule has 0 atom stereocenters. The summed E-state index contributed by atoms with van der Waals surface area (Å²) in [4.78, 5) is 4.09. The number of fused-ring (bicyclic) bond motifs is 1. The first-order valence-electron chi connectivity index (χ1n) is 2.88. The summed E-state index contributed by atoms with van der Waals surface area (Å²) in [6.07, 6.45) is 7.60. The zero-order chi connectivity index (χ0) is 6.10. The van der Waals surface area contributed by atoms with Crippen molar-refractivity contribution in [3.8, 4) is 0 Å². The van der Waals surface area contributed by atoms with Gasteiger partial charge in [0.2, 0.25) is 0 Å². The van der Waals surface area contributed by atoms with Gasteiger partial charge in [0.05, 0.1) is 6.67 Å². The molecule has 0 fully saturated rings. The maximum absolute atomic E-state index is 4.09. The molecule has 9 heavy (non-hydrogen) atoms. The average Bonchev–Trinajstić information content (AvgIpc) is 2.33. The lowest BCUT2D eigenvalue weighted by Gasteiger charge is -2.08. The Balaban J connectivity index is 2.53. The van der Waals surface area contributed by atoms with Gasteiger partial charge in [-0.1, -0.05) is 0 Å². The molecule has 1 aliphatic rings. The first-order chi connectivity index (χ1) is 4.47. The second-order valence-corrected chi connectivity index (χ2v) is 1.95. The van der Waals surface area contributed by atoms with Crippen molar-refractivity contribution in [2.45, 2.75) is 6.67 Å². The van der Waals surface area contributed by atoms with Crippen LogP contribution in [0.25, 0.3) is 6.08 Å². The van der Waals surface area contributed by atoms with Crippen molar-refractivity contribution < 1.29 is 0 Å². The van der Waals surface area contributed by atoms with Crippen LogP contribution in [-0.4, -0.2) is 9.55 Å². The molecule has 1 aliphatic heterocycles. The van der Waals surface area contributed by atoms with Crippen LogP contribution in [0.2, 0.25) is 0 Å². The molecular formula is C6H7N3. The highest BCUT2D eigenvalue weighted by molar-refractivity contribution is 5.40. The molecule has 2 rings (SSSR count). The van der Waals surface area contributed by atoms with Crippen molar-refractivity contribution >= 4 is 6.08 Å². The molecule has 0 amide bonds. The Morgan fingerprint density at radius 2 is 2.67 bits per heavy atom. The van der Waals surface area contributed by atoms with Crippen LogP contribution in [0, 0.1) is 0 Å². The fourth-order valence-corrected chi connectivity index (χ4v) is 0.898. The van der Waals surface area contributed by atoms with E-state index in [-0.39, 0.29) is 0 Å². The smallest absolute Gasteiger partial charge is 0.135 e. The number of hydrogen-bond donors (Lipinski definition) is 1. The highest BCUT2D eigenvalue weighted by Gasteiger charge is 1.99. The van der Waals surface area contributed by atoms with E-state index in [0.717, 1.165) is 12.5 Å². The van der Waals surface area contributed by atoms with Gasteiger partial charge in [-0.2, -0.15) is 0 Å². The molecule has 3 nitrogen and oxygen atoms in total. The number of hydrogen-bond acceptors (Lipinski definition) is 2. The molecule has 1 N–H and O–H groups in total. The summed E-state index contributed by atoms with van der Waals surface area (Å²) in [5.74, 6) is 1.02. The molecule has 0 bridgehead atoms. The van der Waals surface area contributed by atoms with Crippen molar-refractivity contribution in [1.29, 1.82) is 0 Å². The van der Waals surface area contributed by atoms with Gasteiger partial charge in [-0.25, -0.2) is 4.98 Å². The van der Waals surface area contributed by atoms with Crippen molar-refractivity contribution in [1.82, 2.24) is 14.9 Å². The maximum Gasteiger partial charge on any atom is 0.135 e. The number of aromatic nitrogens is 2. The van der Waals surface area contributed by atoms with Gasteiger partial charge in [-0.05, 0) is 6.08 Å². The first-order valence-corrected chi connectivity index (χ1v) is 2.88. The average molecular weight is 121 g/mol. The van der Waals surface area contributed by atoms with Crippen molar-refractivity contribution in [3.05, 3.63) is 24.4 Å². The van der Waals surface area contributed by atoms with E-state index in [4.69, 9.17) is 0 Å². The van der Waals surface area contributed by atoms with Crippen molar-refractivity contribution in [3.63, 3.8) is 0 Å². The van der Waals surface area contributed by atoms with E-state index in [1.165, 1.54) is 0 Å². The molecule has 1 aromatic rings. The number of rotatable bonds is 0. The van der Waals surface area contributed by atoms with Gasteiger partial charge in [-0.3, -0.25) is 0 Å². The summed E-state index contributed by atoms with van der Waals surface area (Å²) in [7, 11) is 0. The number of nitrogens with one attached hydrogen (secondary N) is 1. The second kappa shape index (κ2) is 1.62. The van der Waals surface area contributed by atoms with Gasteiger partial charge >= 0.3 is 0 Å². The molecule has 1 aromatic heterocycles. The van der Waals surface area contributed by atoms with E-state index < -0.39 is 0 Å². The van der Waals surface area contributed by atoms with Crippen molar-refractivity contribution in [2.24, 2.45) is 0 Å². The Morgan fingerprint density at radius 1 is 1.67 bits per heavy atom. The first kappa shape index (κ1) is 4.61. The summed E-state index contributed by atoms with van der Waals surface area (Å²) in [6.45, 7) is 0.839. The molecule has 0 radical (unpaired) electrons. The third-order valence-electron chi connectivity index (χ3n) is 1.36. The minimum Gasteiger partial charge on any atom is -0.373 e. The highest BCUT2D eigenvalue weighted by atomic mass is 15.2. The quantitative estimate of drug-likeness (QED) is 0.539. The Hall–Kier alpha value is -1.25. The van der Waals surface area contributed by atoms with Crippen LogP contribution in [0.5, 0.6) is 0 Å². The Morgan fingerprint density at radius 3 is 3.56 bits per heavy atom. The fourth-order valence-electron chi connectivity index (χ4n) is 0.898. The van der Waals surface area contributed by atoms with Crippen LogP contribution >= 0.6 is 0 Å². The lowest BCUT2D eigenvalue weighted by Crippen LogP contribution is -2.16. The van der Waals surface area contributed by atoms with Crippen LogP contribution in [0.1, 0.15) is 5.82 Å². The largest absolute Gasteiger partial charge is 0.373 e. The molecular weight excluding hydrogens is 114 g/mol. The van der Waals surface area contributed by atoms with E-state index in [2.05, 4.69) is 10.3 Å². The normalized spacial score (nSPS) is 14.7. The molecule has 0 saturated heterocycles. The Bertz CT molecular complexity index is 236. The summed E-state index contributed by atoms with van der Waals surface area (Å²) in [5, 5.41) is 3.07. The van der Waals surface area contributed by atoms with E-state index in [9.17, 15) is 0 Å². The fraction of sp³-hybridized carbons (Fsp3) is 0.167. The van der Waals surface area contributed by atoms with E-state index in [1.807, 2.05) is 23.0 Å². The van der Waals surface area contributed by atoms with E-state index in [0.29, 0.717) is 0 Å². The summed E-state index contributed by atoms with van der Waals surface area (Å²) < 4.78 is 2.04. The van der Waals surface area contributed by atoms with E-state index in [1.54, 1.807) is 6.20 Å². The predicted octanol–water partition coefficient (Wildman–Crippen LogP) is 0.414. The molecule has 3 heteroatoms. The van der Waals surface area contributed by atoms with Crippen molar-refractivity contribution in [2.75, 3.05) is 0 Å². The van der Waals surface area contributed by atoms with Gasteiger partial charge in [0.15, 0.2) is 0 Å². The van der Waals surface area contributed by atoms with Crippen LogP contribution in [0.4, 0.5) is 0 Å². The molecule has 46 valence electrons. The molecule has 0 aliphatic carbocycles. The van der Waals surface area contributed by atoms with Crippen LogP contribution in [-0.2, 0) is 6.67 Å². The zero-order valence-electron chi connectivity index (χ0n) is 4.91. The standard InChI is InChI=1S/C6H7N3/c1-2-7-5-9-4-3-8-6(1)9/h1-4,7H,5H2. The summed E-state index contributed by atoms with van der Waals surface area (Å²) in [6, 6.07) is 0. The minimum atomic E-state index is 0.839. The Labute approximate surface area is 53.0 Å². The molecule has 0 aromatic carbocycles. The zero-order valence-corrected chi connectivity index (χ0v) is 4.91. The monoisotopic (exact) mass is 121 g/mol. The van der Waals surface area contributed by atoms with Gasteiger partial charge in [0, 0.05) is 18.6 Å². The van der Waals surface area contributed by atoms with Crippen LogP contribution in [0.15, 0.2) is 18.6 Å². The van der Waals surface area contributed by atoms with Gasteiger partial charge in [0.25, 0.3) is 0 Å². The predicted molar refractivity (Wildman–Crippen MR) is 34.4 cm³/mol. The van der Waals surface area contributed by atoms with Gasteiger partial charge in [0.1, 0.15) is 5.82 Å². The summed E-state index contributed by atoms with van der Waals surface area (Å²) in [5.41, 5.74) is 0.